The van der Waals surface area contributed by atoms with Crippen LogP contribution in [0.15, 0.2) is 42.5 Å². The number of fused-ring (bicyclic) bond motifs is 1. The first-order valence-electron chi connectivity index (χ1n) is 16.5. The summed E-state index contributed by atoms with van der Waals surface area (Å²) >= 11 is 0. The molecule has 1 saturated heterocycles. The van der Waals surface area contributed by atoms with E-state index in [2.05, 4.69) is 52.3 Å². The highest BCUT2D eigenvalue weighted by molar-refractivity contribution is 6.05. The van der Waals surface area contributed by atoms with Gasteiger partial charge in [0.2, 0.25) is 0 Å². The maximum atomic E-state index is 13.6. The van der Waals surface area contributed by atoms with Gasteiger partial charge < -0.3 is 9.80 Å². The summed E-state index contributed by atoms with van der Waals surface area (Å²) in [6.45, 7) is 4.40. The van der Waals surface area contributed by atoms with Crippen molar-refractivity contribution in [3.63, 3.8) is 0 Å². The molecule has 6 heteroatoms. The molecule has 0 unspecified atom stereocenters. The molecule has 0 radical (unpaired) electrons. The number of anilines is 1. The zero-order valence-electron chi connectivity index (χ0n) is 25.1. The van der Waals surface area contributed by atoms with Crippen molar-refractivity contribution in [3.05, 3.63) is 53.7 Å². The van der Waals surface area contributed by atoms with Gasteiger partial charge in [-0.05, 0) is 81.1 Å². The number of aryl methyl sites for hydroxylation is 1. The van der Waals surface area contributed by atoms with E-state index >= 15 is 0 Å². The van der Waals surface area contributed by atoms with Gasteiger partial charge in [-0.3, -0.25) is 4.79 Å². The Labute approximate surface area is 246 Å². The normalized spacial score (nSPS) is 20.3. The molecule has 0 amide bonds. The van der Waals surface area contributed by atoms with Crippen molar-refractivity contribution in [2.45, 2.75) is 102 Å². The number of Topliss-reactive ketones (excluding diaryl/α,β-unsaturated/α-hetero) is 1. The number of piperidine rings is 1. The summed E-state index contributed by atoms with van der Waals surface area (Å²) in [5.41, 5.74) is 2.74. The van der Waals surface area contributed by atoms with Crippen LogP contribution in [0.25, 0.3) is 11.0 Å². The van der Waals surface area contributed by atoms with E-state index < -0.39 is 0 Å². The Morgan fingerprint density at radius 1 is 0.829 bits per heavy atom. The number of hydrogen-bond donors (Lipinski definition) is 0. The third kappa shape index (κ3) is 7.02. The Morgan fingerprint density at radius 3 is 2.24 bits per heavy atom. The molecule has 220 valence electrons. The average Bonchev–Trinajstić information content (AvgIpc) is 3.15. The van der Waals surface area contributed by atoms with Crippen LogP contribution in [0.3, 0.4) is 0 Å². The van der Waals surface area contributed by atoms with Crippen LogP contribution in [-0.2, 0) is 13.6 Å². The summed E-state index contributed by atoms with van der Waals surface area (Å²) < 4.78 is 1.83. The van der Waals surface area contributed by atoms with Crippen molar-refractivity contribution in [2.75, 3.05) is 24.5 Å². The highest BCUT2D eigenvalue weighted by Gasteiger charge is 2.28. The fourth-order valence-electron chi connectivity index (χ4n) is 7.70. The maximum absolute atomic E-state index is 13.6. The van der Waals surface area contributed by atoms with Gasteiger partial charge in [0.25, 0.3) is 0 Å². The Balaban J connectivity index is 1.14. The van der Waals surface area contributed by atoms with Gasteiger partial charge in [-0.1, -0.05) is 75.3 Å². The van der Waals surface area contributed by atoms with E-state index in [4.69, 9.17) is 10.1 Å². The second-order valence-electron chi connectivity index (χ2n) is 13.1. The first-order chi connectivity index (χ1) is 20.1. The molecular formula is C35H49N5O. The lowest BCUT2D eigenvalue weighted by molar-refractivity contribution is 0.0910. The number of aromatic nitrogens is 3. The van der Waals surface area contributed by atoms with Gasteiger partial charge in [-0.2, -0.15) is 5.10 Å². The van der Waals surface area contributed by atoms with Crippen LogP contribution in [0.1, 0.15) is 106 Å². The van der Waals surface area contributed by atoms with E-state index in [0.717, 1.165) is 55.2 Å². The molecular weight excluding hydrogens is 506 g/mol. The summed E-state index contributed by atoms with van der Waals surface area (Å²) in [4.78, 5) is 23.9. The third-order valence-corrected chi connectivity index (χ3v) is 10.1. The molecule has 1 aromatic carbocycles. The monoisotopic (exact) mass is 555 g/mol. The summed E-state index contributed by atoms with van der Waals surface area (Å²) in [6, 6.07) is 15.5. The molecule has 6 rings (SSSR count). The van der Waals surface area contributed by atoms with Crippen molar-refractivity contribution in [3.8, 4) is 0 Å². The number of rotatable bonds is 9. The van der Waals surface area contributed by atoms with Crippen LogP contribution < -0.4 is 4.90 Å². The Bertz CT molecular complexity index is 1260. The van der Waals surface area contributed by atoms with E-state index in [-0.39, 0.29) is 5.78 Å². The predicted octanol–water partition coefficient (Wildman–Crippen LogP) is 7.56. The van der Waals surface area contributed by atoms with Crippen molar-refractivity contribution >= 4 is 22.6 Å². The van der Waals surface area contributed by atoms with Gasteiger partial charge in [0, 0.05) is 32.6 Å². The molecule has 3 fully saturated rings. The molecule has 2 aromatic heterocycles. The number of nitrogens with zero attached hydrogens (tertiary/aromatic N) is 5. The lowest BCUT2D eigenvalue weighted by Crippen LogP contribution is -2.38. The number of carbonyl (C=O) groups excluding carboxylic acids is 1. The van der Waals surface area contributed by atoms with Gasteiger partial charge in [-0.25, -0.2) is 9.67 Å². The van der Waals surface area contributed by atoms with Crippen LogP contribution >= 0.6 is 0 Å². The van der Waals surface area contributed by atoms with Crippen molar-refractivity contribution in [1.82, 2.24) is 19.7 Å². The van der Waals surface area contributed by atoms with E-state index in [1.165, 1.54) is 82.7 Å². The third-order valence-electron chi connectivity index (χ3n) is 10.1. The van der Waals surface area contributed by atoms with Gasteiger partial charge in [0.05, 0.1) is 5.39 Å². The zero-order chi connectivity index (χ0) is 28.0. The minimum absolute atomic E-state index is 0.181. The van der Waals surface area contributed by atoms with Crippen LogP contribution in [0.5, 0.6) is 0 Å². The van der Waals surface area contributed by atoms with Crippen LogP contribution in [0.2, 0.25) is 0 Å². The molecule has 2 saturated carbocycles. The number of benzene rings is 1. The van der Waals surface area contributed by atoms with E-state index in [9.17, 15) is 4.79 Å². The second kappa shape index (κ2) is 13.5. The molecule has 1 aliphatic heterocycles. The fraction of sp³-hybridized carbons (Fsp3) is 0.629. The topological polar surface area (TPSA) is 54.3 Å². The molecule has 6 nitrogen and oxygen atoms in total. The number of hydrogen-bond acceptors (Lipinski definition) is 5. The molecule has 3 aliphatic rings. The van der Waals surface area contributed by atoms with Crippen LogP contribution in [-0.4, -0.2) is 51.1 Å². The Hall–Kier alpha value is -2.73. The quantitative estimate of drug-likeness (QED) is 0.201. The highest BCUT2D eigenvalue weighted by Crippen LogP contribution is 2.31. The summed E-state index contributed by atoms with van der Waals surface area (Å²) in [6.07, 6.45) is 17.6. The molecule has 0 spiro atoms. The molecule has 0 atom stereocenters. The average molecular weight is 556 g/mol. The largest absolute Gasteiger partial charge is 0.349 e. The van der Waals surface area contributed by atoms with Crippen LogP contribution in [0, 0.1) is 11.8 Å². The van der Waals surface area contributed by atoms with E-state index in [1.54, 1.807) is 0 Å². The first kappa shape index (κ1) is 28.4. The SMILES string of the molecule is Cn1nc(C(=O)CC2CCN(CC3CCCCC3)CC2)c2ccc(N(Cc3ccccc3)C3CCCCCC3)nc21. The number of pyridine rings is 1. The van der Waals surface area contributed by atoms with E-state index in [1.807, 2.05) is 11.7 Å². The molecule has 3 aromatic rings. The highest BCUT2D eigenvalue weighted by atomic mass is 16.1. The van der Waals surface area contributed by atoms with Crippen molar-refractivity contribution in [1.29, 1.82) is 0 Å². The van der Waals surface area contributed by atoms with Crippen LogP contribution in [0.4, 0.5) is 5.82 Å². The molecule has 2 aliphatic carbocycles. The molecule has 3 heterocycles. The number of ketones is 1. The first-order valence-corrected chi connectivity index (χ1v) is 16.5. The summed E-state index contributed by atoms with van der Waals surface area (Å²) in [5.74, 6) is 2.54. The van der Waals surface area contributed by atoms with Gasteiger partial charge >= 0.3 is 0 Å². The van der Waals surface area contributed by atoms with Gasteiger partial charge in [0.1, 0.15) is 11.5 Å². The van der Waals surface area contributed by atoms with Crippen molar-refractivity contribution < 1.29 is 4.79 Å². The van der Waals surface area contributed by atoms with E-state index in [0.29, 0.717) is 24.1 Å². The summed E-state index contributed by atoms with van der Waals surface area (Å²) in [7, 11) is 1.94. The smallest absolute Gasteiger partial charge is 0.184 e. The fourth-order valence-corrected chi connectivity index (χ4v) is 7.70. The number of carbonyl (C=O) groups is 1. The maximum Gasteiger partial charge on any atom is 0.184 e. The zero-order valence-corrected chi connectivity index (χ0v) is 25.1. The minimum Gasteiger partial charge on any atom is -0.349 e. The van der Waals surface area contributed by atoms with Crippen molar-refractivity contribution in [2.24, 2.45) is 18.9 Å². The van der Waals surface area contributed by atoms with Gasteiger partial charge in [-0.15, -0.1) is 0 Å². The lowest BCUT2D eigenvalue weighted by atomic mass is 9.87. The molecule has 0 N–H and O–H groups in total. The van der Waals surface area contributed by atoms with Gasteiger partial charge in [0.15, 0.2) is 11.4 Å². The molecule has 41 heavy (non-hydrogen) atoms. The Morgan fingerprint density at radius 2 is 1.51 bits per heavy atom. The summed E-state index contributed by atoms with van der Waals surface area (Å²) in [5, 5.41) is 5.63. The standard InChI is InChI=1S/C35H49N5O/c1-38-35-31(34(37-38)32(41)24-27-20-22-39(23-21-27)25-28-12-6-4-7-13-28)18-19-33(36-35)40(26-29-14-8-5-9-15-29)30-16-10-2-3-11-17-30/h5,8-9,14-15,18-19,27-28,30H,2-4,6-7,10-13,16-17,20-26H2,1H3. The second-order valence-corrected chi connectivity index (χ2v) is 13.1. The number of likely N-dealkylation sites (tertiary alicyclic amines) is 1. The minimum atomic E-state index is 0.181. The lowest BCUT2D eigenvalue weighted by Gasteiger charge is -2.35. The molecule has 0 bridgehead atoms. The Kier molecular flexibility index (Phi) is 9.35. The predicted molar refractivity (Wildman–Crippen MR) is 167 cm³/mol.